The molecule has 0 aliphatic heterocycles. The average molecular weight is 268 g/mol. The summed E-state index contributed by atoms with van der Waals surface area (Å²) in [5.41, 5.74) is 0. The van der Waals surface area contributed by atoms with Gasteiger partial charge in [-0.05, 0) is 32.6 Å². The Morgan fingerprint density at radius 3 is 2.21 bits per heavy atom. The van der Waals surface area contributed by atoms with Crippen molar-refractivity contribution in [3.8, 4) is 0 Å². The minimum atomic E-state index is -0.0855. The van der Waals surface area contributed by atoms with E-state index in [9.17, 15) is 9.59 Å². The lowest BCUT2D eigenvalue weighted by atomic mass is 10.2. The van der Waals surface area contributed by atoms with Gasteiger partial charge in [0.1, 0.15) is 0 Å². The van der Waals surface area contributed by atoms with Crippen molar-refractivity contribution in [2.45, 2.75) is 59.4 Å². The molecule has 110 valence electrons. The van der Waals surface area contributed by atoms with Crippen molar-refractivity contribution in [2.75, 3.05) is 13.1 Å². The molecule has 19 heavy (non-hydrogen) atoms. The molecule has 0 saturated heterocycles. The maximum atomic E-state index is 12.3. The number of carbonyl (C=O) groups is 2. The molecule has 1 aliphatic rings. The van der Waals surface area contributed by atoms with E-state index in [1.807, 2.05) is 18.7 Å². The van der Waals surface area contributed by atoms with Gasteiger partial charge in [0.05, 0.1) is 11.8 Å². The van der Waals surface area contributed by atoms with Crippen molar-refractivity contribution in [3.63, 3.8) is 0 Å². The Kier molecular flexibility index (Phi) is 6.32. The predicted octanol–water partition coefficient (Wildman–Crippen LogP) is 2.19. The first kappa shape index (κ1) is 16.0. The zero-order valence-corrected chi connectivity index (χ0v) is 12.7. The summed E-state index contributed by atoms with van der Waals surface area (Å²) in [6.07, 6.45) is 3.60. The molecular weight excluding hydrogens is 240 g/mol. The van der Waals surface area contributed by atoms with Crippen molar-refractivity contribution in [3.05, 3.63) is 0 Å². The first-order chi connectivity index (χ1) is 9.04. The number of nitrogens with zero attached hydrogens (tertiary/aromatic N) is 1. The van der Waals surface area contributed by atoms with Crippen LogP contribution in [0.15, 0.2) is 0 Å². The standard InChI is InChI=1S/C15H28N2O2/c1-5-8-17(9-6-2)15(19)13-10-12(13)14(18)16-11(4)7-3/h11-13H,5-10H2,1-4H3,(H,16,18). The average Bonchev–Trinajstić information content (AvgIpc) is 3.17. The minimum Gasteiger partial charge on any atom is -0.353 e. The molecule has 4 nitrogen and oxygen atoms in total. The number of hydrogen-bond donors (Lipinski definition) is 1. The van der Waals surface area contributed by atoms with Gasteiger partial charge in [0.15, 0.2) is 0 Å². The van der Waals surface area contributed by atoms with Crippen molar-refractivity contribution < 1.29 is 9.59 Å². The summed E-state index contributed by atoms with van der Waals surface area (Å²) in [7, 11) is 0. The number of amides is 2. The summed E-state index contributed by atoms with van der Waals surface area (Å²) in [6, 6.07) is 0.200. The molecular formula is C15H28N2O2. The molecule has 1 fully saturated rings. The molecule has 2 amide bonds. The van der Waals surface area contributed by atoms with Gasteiger partial charge in [-0.25, -0.2) is 0 Å². The highest BCUT2D eigenvalue weighted by Crippen LogP contribution is 2.40. The van der Waals surface area contributed by atoms with Gasteiger partial charge in [-0.2, -0.15) is 0 Å². The first-order valence-electron chi connectivity index (χ1n) is 7.64. The van der Waals surface area contributed by atoms with Gasteiger partial charge in [-0.15, -0.1) is 0 Å². The summed E-state index contributed by atoms with van der Waals surface area (Å²) in [6.45, 7) is 9.82. The van der Waals surface area contributed by atoms with Crippen molar-refractivity contribution in [1.82, 2.24) is 10.2 Å². The summed E-state index contributed by atoms with van der Waals surface area (Å²) in [5, 5.41) is 2.97. The highest BCUT2D eigenvalue weighted by Gasteiger charge is 2.49. The van der Waals surface area contributed by atoms with E-state index in [1.165, 1.54) is 0 Å². The maximum Gasteiger partial charge on any atom is 0.226 e. The van der Waals surface area contributed by atoms with E-state index in [-0.39, 0.29) is 29.7 Å². The summed E-state index contributed by atoms with van der Waals surface area (Å²) >= 11 is 0. The molecule has 1 aliphatic carbocycles. The lowest BCUT2D eigenvalue weighted by Gasteiger charge is -2.21. The zero-order chi connectivity index (χ0) is 14.4. The Balaban J connectivity index is 2.46. The fourth-order valence-corrected chi connectivity index (χ4v) is 2.32. The van der Waals surface area contributed by atoms with Crippen LogP contribution in [0.25, 0.3) is 0 Å². The van der Waals surface area contributed by atoms with E-state index in [0.717, 1.165) is 38.8 Å². The van der Waals surface area contributed by atoms with E-state index in [1.54, 1.807) is 0 Å². The highest BCUT2D eigenvalue weighted by molar-refractivity contribution is 5.92. The van der Waals surface area contributed by atoms with Crippen molar-refractivity contribution in [1.29, 1.82) is 0 Å². The summed E-state index contributed by atoms with van der Waals surface area (Å²) in [5.74, 6) is 0.0773. The van der Waals surface area contributed by atoms with Crippen LogP contribution in [0.5, 0.6) is 0 Å². The fourth-order valence-electron chi connectivity index (χ4n) is 2.32. The third-order valence-corrected chi connectivity index (χ3v) is 3.74. The number of carbonyl (C=O) groups excluding carboxylic acids is 2. The van der Waals surface area contributed by atoms with Crippen molar-refractivity contribution in [2.24, 2.45) is 11.8 Å². The van der Waals surface area contributed by atoms with E-state index in [2.05, 4.69) is 19.2 Å². The molecule has 0 aromatic heterocycles. The fraction of sp³-hybridized carbons (Fsp3) is 0.867. The Hall–Kier alpha value is -1.06. The van der Waals surface area contributed by atoms with Gasteiger partial charge in [0.25, 0.3) is 0 Å². The van der Waals surface area contributed by atoms with Gasteiger partial charge < -0.3 is 10.2 Å². The molecule has 0 heterocycles. The van der Waals surface area contributed by atoms with Gasteiger partial charge in [-0.1, -0.05) is 20.8 Å². The molecule has 0 spiro atoms. The van der Waals surface area contributed by atoms with E-state index >= 15 is 0 Å². The molecule has 0 bridgehead atoms. The second kappa shape index (κ2) is 7.51. The Labute approximate surface area is 116 Å². The zero-order valence-electron chi connectivity index (χ0n) is 12.7. The Bertz CT molecular complexity index is 311. The van der Waals surface area contributed by atoms with Crippen LogP contribution in [0, 0.1) is 11.8 Å². The minimum absolute atomic E-state index is 0.0562. The van der Waals surface area contributed by atoms with Crippen LogP contribution >= 0.6 is 0 Å². The lowest BCUT2D eigenvalue weighted by molar-refractivity contribution is -0.135. The molecule has 3 atom stereocenters. The smallest absolute Gasteiger partial charge is 0.226 e. The second-order valence-corrected chi connectivity index (χ2v) is 5.59. The predicted molar refractivity (Wildman–Crippen MR) is 76.7 cm³/mol. The topological polar surface area (TPSA) is 49.4 Å². The second-order valence-electron chi connectivity index (χ2n) is 5.59. The van der Waals surface area contributed by atoms with E-state index in [0.29, 0.717) is 0 Å². The first-order valence-corrected chi connectivity index (χ1v) is 7.64. The van der Waals surface area contributed by atoms with Gasteiger partial charge in [0.2, 0.25) is 11.8 Å². The number of nitrogens with one attached hydrogen (secondary N) is 1. The summed E-state index contributed by atoms with van der Waals surface area (Å²) in [4.78, 5) is 26.2. The summed E-state index contributed by atoms with van der Waals surface area (Å²) < 4.78 is 0. The third kappa shape index (κ3) is 4.51. The maximum absolute atomic E-state index is 12.3. The van der Waals surface area contributed by atoms with Gasteiger partial charge >= 0.3 is 0 Å². The van der Waals surface area contributed by atoms with Crippen LogP contribution in [0.3, 0.4) is 0 Å². The number of hydrogen-bond acceptors (Lipinski definition) is 2. The van der Waals surface area contributed by atoms with Crippen LogP contribution in [-0.4, -0.2) is 35.8 Å². The van der Waals surface area contributed by atoms with Crippen LogP contribution in [-0.2, 0) is 9.59 Å². The van der Waals surface area contributed by atoms with Gasteiger partial charge in [-0.3, -0.25) is 9.59 Å². The molecule has 0 aromatic carbocycles. The molecule has 1 saturated carbocycles. The SMILES string of the molecule is CCCN(CCC)C(=O)C1CC1C(=O)NC(C)CC. The van der Waals surface area contributed by atoms with Crippen LogP contribution < -0.4 is 5.32 Å². The monoisotopic (exact) mass is 268 g/mol. The third-order valence-electron chi connectivity index (χ3n) is 3.74. The Morgan fingerprint density at radius 1 is 1.16 bits per heavy atom. The van der Waals surface area contributed by atoms with E-state index in [4.69, 9.17) is 0 Å². The quantitative estimate of drug-likeness (QED) is 0.733. The van der Waals surface area contributed by atoms with Gasteiger partial charge in [0, 0.05) is 19.1 Å². The molecule has 0 aromatic rings. The lowest BCUT2D eigenvalue weighted by Crippen LogP contribution is -2.37. The van der Waals surface area contributed by atoms with Crippen LogP contribution in [0.2, 0.25) is 0 Å². The molecule has 1 N–H and O–H groups in total. The van der Waals surface area contributed by atoms with Crippen LogP contribution in [0.1, 0.15) is 53.4 Å². The molecule has 4 heteroatoms. The van der Waals surface area contributed by atoms with Crippen molar-refractivity contribution >= 4 is 11.8 Å². The van der Waals surface area contributed by atoms with Crippen LogP contribution in [0.4, 0.5) is 0 Å². The highest BCUT2D eigenvalue weighted by atomic mass is 16.2. The van der Waals surface area contributed by atoms with E-state index < -0.39 is 0 Å². The molecule has 0 radical (unpaired) electrons. The molecule has 1 rings (SSSR count). The molecule has 3 unspecified atom stereocenters. The Morgan fingerprint density at radius 2 is 1.74 bits per heavy atom. The number of rotatable bonds is 8. The largest absolute Gasteiger partial charge is 0.353 e. The normalized spacial score (nSPS) is 22.7.